The zero-order valence-corrected chi connectivity index (χ0v) is 12.8. The summed E-state index contributed by atoms with van der Waals surface area (Å²) in [6.07, 6.45) is 0. The maximum atomic E-state index is 14.1. The molecule has 2 atom stereocenters. The molecule has 5 heteroatoms. The van der Waals surface area contributed by atoms with Crippen molar-refractivity contribution in [3.63, 3.8) is 0 Å². The van der Waals surface area contributed by atoms with Crippen LogP contribution in [0.1, 0.15) is 17.0 Å². The molecule has 2 aromatic carbocycles. The van der Waals surface area contributed by atoms with Crippen LogP contribution in [-0.4, -0.2) is 18.9 Å². The zero-order valence-electron chi connectivity index (χ0n) is 12.8. The number of alkyl halides is 2. The van der Waals surface area contributed by atoms with Gasteiger partial charge in [-0.3, -0.25) is 4.79 Å². The second-order valence-corrected chi connectivity index (χ2v) is 5.71. The van der Waals surface area contributed by atoms with Gasteiger partial charge >= 0.3 is 0 Å². The Labute approximate surface area is 133 Å². The van der Waals surface area contributed by atoms with E-state index in [2.05, 4.69) is 5.32 Å². The van der Waals surface area contributed by atoms with Crippen molar-refractivity contribution in [1.29, 1.82) is 0 Å². The van der Waals surface area contributed by atoms with E-state index in [1.54, 1.807) is 55.5 Å². The van der Waals surface area contributed by atoms with E-state index in [1.807, 2.05) is 0 Å². The smallest absolute Gasteiger partial charge is 0.268 e. The van der Waals surface area contributed by atoms with Gasteiger partial charge in [-0.2, -0.15) is 0 Å². The topological polar surface area (TPSA) is 38.3 Å². The lowest BCUT2D eigenvalue weighted by atomic mass is 10.1. The minimum Gasteiger partial charge on any atom is -0.496 e. The van der Waals surface area contributed by atoms with Crippen molar-refractivity contribution < 1.29 is 18.3 Å². The Hall–Kier alpha value is -2.43. The molecule has 1 saturated carbocycles. The molecule has 2 unspecified atom stereocenters. The number of carbonyl (C=O) groups excluding carboxylic acids is 1. The van der Waals surface area contributed by atoms with Gasteiger partial charge in [0.1, 0.15) is 11.7 Å². The van der Waals surface area contributed by atoms with Gasteiger partial charge in [0, 0.05) is 5.69 Å². The monoisotopic (exact) mass is 317 g/mol. The highest BCUT2D eigenvalue weighted by Gasteiger charge is 2.72. The third-order valence-electron chi connectivity index (χ3n) is 4.16. The van der Waals surface area contributed by atoms with E-state index >= 15 is 0 Å². The summed E-state index contributed by atoms with van der Waals surface area (Å²) in [6.45, 7) is 1.79. The predicted molar refractivity (Wildman–Crippen MR) is 84.0 cm³/mol. The number of methoxy groups -OCH3 is 1. The molecular weight excluding hydrogens is 300 g/mol. The average Bonchev–Trinajstić information content (AvgIpc) is 3.11. The fraction of sp³-hybridized carbons (Fsp3) is 0.278. The molecule has 3 rings (SSSR count). The molecular formula is C18H17F2NO2. The van der Waals surface area contributed by atoms with Crippen LogP contribution in [0.25, 0.3) is 0 Å². The third kappa shape index (κ3) is 2.79. The number of ether oxygens (including phenoxy) is 1. The molecule has 0 saturated heterocycles. The van der Waals surface area contributed by atoms with Crippen LogP contribution < -0.4 is 10.1 Å². The molecule has 0 radical (unpaired) electrons. The quantitative estimate of drug-likeness (QED) is 0.926. The Morgan fingerprint density at radius 1 is 1.17 bits per heavy atom. The second-order valence-electron chi connectivity index (χ2n) is 5.71. The standard InChI is InChI=1S/C18H17F2NO2/c1-11-10-12(8-9-14(11)23-2)15-16(18(15,19)20)17(22)21-13-6-4-3-5-7-13/h3-10,15-16H,1-2H3,(H,21,22). The number of amides is 1. The molecule has 1 N–H and O–H groups in total. The Kier molecular flexibility index (Phi) is 3.80. The van der Waals surface area contributed by atoms with Crippen LogP contribution in [0.2, 0.25) is 0 Å². The lowest BCUT2D eigenvalue weighted by molar-refractivity contribution is -0.119. The lowest BCUT2D eigenvalue weighted by Gasteiger charge is -2.07. The first-order valence-corrected chi connectivity index (χ1v) is 7.33. The highest BCUT2D eigenvalue weighted by atomic mass is 19.3. The van der Waals surface area contributed by atoms with E-state index < -0.39 is 23.7 Å². The van der Waals surface area contributed by atoms with E-state index in [9.17, 15) is 13.6 Å². The molecule has 2 aromatic rings. The van der Waals surface area contributed by atoms with Gasteiger partial charge in [0.05, 0.1) is 13.0 Å². The van der Waals surface area contributed by atoms with Gasteiger partial charge < -0.3 is 10.1 Å². The number of halogens is 2. The van der Waals surface area contributed by atoms with Crippen molar-refractivity contribution in [1.82, 2.24) is 0 Å². The van der Waals surface area contributed by atoms with Gasteiger partial charge in [-0.05, 0) is 36.2 Å². The summed E-state index contributed by atoms with van der Waals surface area (Å²) in [5.74, 6) is -5.46. The summed E-state index contributed by atoms with van der Waals surface area (Å²) < 4.78 is 33.4. The van der Waals surface area contributed by atoms with E-state index in [1.165, 1.54) is 7.11 Å². The number of aryl methyl sites for hydroxylation is 1. The average molecular weight is 317 g/mol. The molecule has 3 nitrogen and oxygen atoms in total. The van der Waals surface area contributed by atoms with Crippen molar-refractivity contribution in [3.05, 3.63) is 59.7 Å². The normalized spacial score (nSPS) is 21.6. The van der Waals surface area contributed by atoms with Crippen LogP contribution >= 0.6 is 0 Å². The van der Waals surface area contributed by atoms with Crippen LogP contribution in [-0.2, 0) is 4.79 Å². The lowest BCUT2D eigenvalue weighted by Crippen LogP contribution is -2.17. The fourth-order valence-electron chi connectivity index (χ4n) is 2.90. The van der Waals surface area contributed by atoms with Crippen molar-refractivity contribution in [2.75, 3.05) is 12.4 Å². The summed E-state index contributed by atoms with van der Waals surface area (Å²) in [6, 6.07) is 13.5. The van der Waals surface area contributed by atoms with Crippen molar-refractivity contribution in [3.8, 4) is 5.75 Å². The van der Waals surface area contributed by atoms with Gasteiger partial charge in [0.25, 0.3) is 5.92 Å². The maximum Gasteiger partial charge on any atom is 0.268 e. The van der Waals surface area contributed by atoms with Crippen LogP contribution in [0.4, 0.5) is 14.5 Å². The number of benzene rings is 2. The van der Waals surface area contributed by atoms with Crippen LogP contribution in [0.15, 0.2) is 48.5 Å². The van der Waals surface area contributed by atoms with E-state index in [0.29, 0.717) is 17.0 Å². The molecule has 1 aliphatic carbocycles. The molecule has 1 amide bonds. The van der Waals surface area contributed by atoms with Crippen molar-refractivity contribution in [2.24, 2.45) is 5.92 Å². The molecule has 0 aromatic heterocycles. The number of carbonyl (C=O) groups is 1. The van der Waals surface area contributed by atoms with Gasteiger partial charge in [-0.25, -0.2) is 8.78 Å². The maximum absolute atomic E-state index is 14.1. The second kappa shape index (κ2) is 5.65. The number of anilines is 1. The van der Waals surface area contributed by atoms with E-state index in [4.69, 9.17) is 4.74 Å². The van der Waals surface area contributed by atoms with Crippen molar-refractivity contribution >= 4 is 11.6 Å². The number of hydrogen-bond donors (Lipinski definition) is 1. The predicted octanol–water partition coefficient (Wildman–Crippen LogP) is 3.99. The summed E-state index contributed by atoms with van der Waals surface area (Å²) in [5, 5.41) is 2.55. The summed E-state index contributed by atoms with van der Waals surface area (Å²) in [5.41, 5.74) is 1.75. The minimum absolute atomic E-state index is 0.460. The number of rotatable bonds is 4. The van der Waals surface area contributed by atoms with Gasteiger partial charge in [-0.1, -0.05) is 30.3 Å². The Bertz CT molecular complexity index is 731. The number of nitrogens with one attached hydrogen (secondary N) is 1. The SMILES string of the molecule is COc1ccc(C2C(C(=O)Nc3ccccc3)C2(F)F)cc1C. The highest BCUT2D eigenvalue weighted by molar-refractivity contribution is 5.96. The first kappa shape index (κ1) is 15.5. The van der Waals surface area contributed by atoms with Crippen molar-refractivity contribution in [2.45, 2.75) is 18.8 Å². The van der Waals surface area contributed by atoms with Crippen LogP contribution in [0.3, 0.4) is 0 Å². The fourth-order valence-corrected chi connectivity index (χ4v) is 2.90. The van der Waals surface area contributed by atoms with E-state index in [-0.39, 0.29) is 0 Å². The molecule has 0 spiro atoms. The first-order valence-electron chi connectivity index (χ1n) is 7.33. The summed E-state index contributed by atoms with van der Waals surface area (Å²) in [4.78, 5) is 12.2. The van der Waals surface area contributed by atoms with Crippen LogP contribution in [0, 0.1) is 12.8 Å². The first-order chi connectivity index (χ1) is 10.9. The Morgan fingerprint density at radius 2 is 1.87 bits per heavy atom. The molecule has 0 aliphatic heterocycles. The molecule has 1 fully saturated rings. The molecule has 23 heavy (non-hydrogen) atoms. The van der Waals surface area contributed by atoms with Gasteiger partial charge in [0.15, 0.2) is 0 Å². The Morgan fingerprint density at radius 3 is 2.48 bits per heavy atom. The Balaban J connectivity index is 1.79. The molecule has 0 bridgehead atoms. The number of hydrogen-bond acceptors (Lipinski definition) is 2. The zero-order chi connectivity index (χ0) is 16.6. The summed E-state index contributed by atoms with van der Waals surface area (Å²) in [7, 11) is 1.53. The molecule has 120 valence electrons. The van der Waals surface area contributed by atoms with Gasteiger partial charge in [-0.15, -0.1) is 0 Å². The van der Waals surface area contributed by atoms with E-state index in [0.717, 1.165) is 5.56 Å². The van der Waals surface area contributed by atoms with Crippen LogP contribution in [0.5, 0.6) is 5.75 Å². The van der Waals surface area contributed by atoms with Gasteiger partial charge in [0.2, 0.25) is 5.91 Å². The summed E-state index contributed by atoms with van der Waals surface area (Å²) >= 11 is 0. The molecule has 0 heterocycles. The highest BCUT2D eigenvalue weighted by Crippen LogP contribution is 2.62. The minimum atomic E-state index is -3.03. The number of para-hydroxylation sites is 1. The molecule has 1 aliphatic rings. The third-order valence-corrected chi connectivity index (χ3v) is 4.16. The largest absolute Gasteiger partial charge is 0.496 e.